The van der Waals surface area contributed by atoms with Crippen LogP contribution in [0.5, 0.6) is 0 Å². The summed E-state index contributed by atoms with van der Waals surface area (Å²) >= 11 is -2.02. The number of aliphatic hydroxyl groups is 1. The Hall–Kier alpha value is 1.03. The van der Waals surface area contributed by atoms with Crippen LogP contribution in [0.15, 0.2) is 0 Å². The van der Waals surface area contributed by atoms with E-state index in [0.29, 0.717) is 0 Å². The summed E-state index contributed by atoms with van der Waals surface area (Å²) in [7, 11) is 0. The Morgan fingerprint density at radius 1 is 1.57 bits per heavy atom. The minimum absolute atomic E-state index is 0. The third-order valence-electron chi connectivity index (χ3n) is 0.110. The zero-order chi connectivity index (χ0) is 4.28. The van der Waals surface area contributed by atoms with Gasteiger partial charge in [0.15, 0.2) is 11.1 Å². The van der Waals surface area contributed by atoms with Crippen LogP contribution in [0, 0.1) is 0 Å². The largest absolute Gasteiger partial charge is 0.412 e. The van der Waals surface area contributed by atoms with Gasteiger partial charge in [-0.25, -0.2) is 4.21 Å². The molecule has 4 N–H and O–H groups in total. The van der Waals surface area contributed by atoms with Crippen molar-refractivity contribution in [1.29, 1.82) is 0 Å². The molecular formula is CH6NaO4S. The van der Waals surface area contributed by atoms with Crippen molar-refractivity contribution in [2.45, 2.75) is 0 Å². The van der Waals surface area contributed by atoms with Gasteiger partial charge in [-0.3, -0.25) is 0 Å². The second kappa shape index (κ2) is 10.1. The Kier molecular flexibility index (Phi) is 22.6. The number of aliphatic hydroxyl groups excluding tert-OH is 1. The zero-order valence-corrected chi connectivity index (χ0v) is 6.73. The summed E-state index contributed by atoms with van der Waals surface area (Å²) in [5.74, 6) is -0.667. The van der Waals surface area contributed by atoms with Gasteiger partial charge in [0.25, 0.3) is 0 Å². The third-order valence-corrected chi connectivity index (χ3v) is 0.331. The molecule has 1 unspecified atom stereocenters. The molecule has 0 aromatic rings. The minimum Gasteiger partial charge on any atom is -0.412 e. The summed E-state index contributed by atoms with van der Waals surface area (Å²) in [5, 5.41) is 7.59. The predicted octanol–water partition coefficient (Wildman–Crippen LogP) is -2.05. The molecule has 7 heavy (non-hydrogen) atoms. The molecule has 0 saturated heterocycles. The molecule has 0 aliphatic heterocycles. The Morgan fingerprint density at radius 3 is 1.71 bits per heavy atom. The van der Waals surface area contributed by atoms with Crippen LogP contribution in [0.2, 0.25) is 0 Å². The van der Waals surface area contributed by atoms with Crippen LogP contribution in [0.3, 0.4) is 0 Å². The fourth-order valence-corrected chi connectivity index (χ4v) is 0. The average molecular weight is 137 g/mol. The first-order valence-electron chi connectivity index (χ1n) is 0.954. The van der Waals surface area contributed by atoms with Gasteiger partial charge in [0.2, 0.25) is 0 Å². The predicted molar refractivity (Wildman–Crippen MR) is 27.2 cm³/mol. The fourth-order valence-electron chi connectivity index (χ4n) is 0. The minimum atomic E-state index is -2.02. The maximum atomic E-state index is 9.23. The summed E-state index contributed by atoms with van der Waals surface area (Å²) in [4.78, 5) is 0. The molecule has 0 spiro atoms. The van der Waals surface area contributed by atoms with Gasteiger partial charge in [-0.05, 0) is 0 Å². The second-order valence-corrected chi connectivity index (χ2v) is 1.35. The second-order valence-electron chi connectivity index (χ2n) is 0.451. The first-order chi connectivity index (χ1) is 2.27. The molecule has 0 rings (SSSR count). The van der Waals surface area contributed by atoms with Gasteiger partial charge in [0.1, 0.15) is 5.94 Å². The van der Waals surface area contributed by atoms with Crippen LogP contribution in [0.1, 0.15) is 0 Å². The normalized spacial score (nSPS) is 10.6. The molecule has 41 valence electrons. The Bertz CT molecular complexity index is 47.0. The molecule has 0 saturated carbocycles. The van der Waals surface area contributed by atoms with Crippen molar-refractivity contribution in [3.05, 3.63) is 0 Å². The van der Waals surface area contributed by atoms with Crippen molar-refractivity contribution >= 4 is 40.6 Å². The van der Waals surface area contributed by atoms with Gasteiger partial charge in [-0.1, -0.05) is 0 Å². The molecule has 4 nitrogen and oxygen atoms in total. The summed E-state index contributed by atoms with van der Waals surface area (Å²) in [6.45, 7) is 0. The van der Waals surface area contributed by atoms with Gasteiger partial charge in [-0.2, -0.15) is 0 Å². The summed E-state index contributed by atoms with van der Waals surface area (Å²) in [6, 6.07) is 0. The topological polar surface area (TPSA) is 89.0 Å². The van der Waals surface area contributed by atoms with Crippen molar-refractivity contribution in [3.63, 3.8) is 0 Å². The molecule has 1 atom stereocenters. The number of hydrogen-bond acceptors (Lipinski definition) is 2. The van der Waals surface area contributed by atoms with Gasteiger partial charge in [-0.15, -0.1) is 0 Å². The third kappa shape index (κ3) is 19.4. The van der Waals surface area contributed by atoms with E-state index in [-0.39, 0.29) is 35.0 Å². The smallest absolute Gasteiger partial charge is 0.179 e. The molecule has 6 heteroatoms. The van der Waals surface area contributed by atoms with Crippen LogP contribution in [0.4, 0.5) is 0 Å². The van der Waals surface area contributed by atoms with E-state index in [2.05, 4.69) is 0 Å². The van der Waals surface area contributed by atoms with Crippen molar-refractivity contribution in [2.24, 2.45) is 0 Å². The van der Waals surface area contributed by atoms with Gasteiger partial charge in [0.05, 0.1) is 0 Å². The molecule has 0 heterocycles. The van der Waals surface area contributed by atoms with Crippen molar-refractivity contribution in [2.75, 3.05) is 5.94 Å². The zero-order valence-electron chi connectivity index (χ0n) is 3.92. The van der Waals surface area contributed by atoms with Crippen LogP contribution >= 0.6 is 0 Å². The first kappa shape index (κ1) is 15.7. The maximum absolute atomic E-state index is 9.23. The van der Waals surface area contributed by atoms with Gasteiger partial charge in [0, 0.05) is 29.6 Å². The summed E-state index contributed by atoms with van der Waals surface area (Å²) in [5.41, 5.74) is 0. The molecule has 0 aliphatic rings. The standard InChI is InChI=1S/CH4O3S.Na.H2O/c2-1-5(3)4;;/h2H,1H2,(H,3,4);;1H2. The van der Waals surface area contributed by atoms with Crippen LogP contribution in [-0.4, -0.2) is 54.8 Å². The van der Waals surface area contributed by atoms with Crippen LogP contribution in [-0.2, 0) is 11.1 Å². The van der Waals surface area contributed by atoms with Crippen LogP contribution in [0.25, 0.3) is 0 Å². The summed E-state index contributed by atoms with van der Waals surface area (Å²) < 4.78 is 16.8. The van der Waals surface area contributed by atoms with Crippen molar-refractivity contribution in [3.8, 4) is 0 Å². The monoisotopic (exact) mass is 137 g/mol. The molecule has 0 aliphatic carbocycles. The molecule has 1 radical (unpaired) electrons. The van der Waals surface area contributed by atoms with E-state index in [1.165, 1.54) is 0 Å². The fraction of sp³-hybridized carbons (Fsp3) is 1.00. The quantitative estimate of drug-likeness (QED) is 0.322. The van der Waals surface area contributed by atoms with Crippen molar-refractivity contribution < 1.29 is 19.3 Å². The molecule has 0 amide bonds. The van der Waals surface area contributed by atoms with Gasteiger partial charge < -0.3 is 15.1 Å². The van der Waals surface area contributed by atoms with E-state index in [4.69, 9.17) is 9.66 Å². The first-order valence-corrected chi connectivity index (χ1v) is 2.23. The van der Waals surface area contributed by atoms with E-state index >= 15 is 0 Å². The van der Waals surface area contributed by atoms with E-state index in [1.54, 1.807) is 0 Å². The Balaban J connectivity index is -0.0000000800. The maximum Gasteiger partial charge on any atom is 0.179 e. The molecule has 0 aromatic carbocycles. The SMILES string of the molecule is O.O=S(O)CO.[Na]. The number of rotatable bonds is 1. The van der Waals surface area contributed by atoms with E-state index < -0.39 is 17.0 Å². The van der Waals surface area contributed by atoms with Gasteiger partial charge >= 0.3 is 0 Å². The van der Waals surface area contributed by atoms with E-state index in [1.807, 2.05) is 0 Å². The van der Waals surface area contributed by atoms with Crippen LogP contribution < -0.4 is 0 Å². The molecule has 0 bridgehead atoms. The Morgan fingerprint density at radius 2 is 1.71 bits per heavy atom. The number of hydrogen-bond donors (Lipinski definition) is 2. The summed E-state index contributed by atoms with van der Waals surface area (Å²) in [6.07, 6.45) is 0. The van der Waals surface area contributed by atoms with E-state index in [0.717, 1.165) is 0 Å². The van der Waals surface area contributed by atoms with E-state index in [9.17, 15) is 4.21 Å². The Labute approximate surface area is 65.8 Å². The van der Waals surface area contributed by atoms with Crippen molar-refractivity contribution in [1.82, 2.24) is 0 Å². The average Bonchev–Trinajstić information content (AvgIpc) is 1.38. The molecule has 0 aromatic heterocycles. The molecular weight excluding hydrogens is 131 g/mol. The molecule has 0 fully saturated rings.